The van der Waals surface area contributed by atoms with Gasteiger partial charge in [-0.15, -0.1) is 0 Å². The molecular formula is C26H39N7O8S. The van der Waals surface area contributed by atoms with Gasteiger partial charge in [0.1, 0.15) is 24.2 Å². The third-order valence-electron chi connectivity index (χ3n) is 5.91. The van der Waals surface area contributed by atoms with Gasteiger partial charge in [-0.2, -0.15) is 11.8 Å². The molecule has 0 aliphatic heterocycles. The van der Waals surface area contributed by atoms with Crippen LogP contribution in [0.15, 0.2) is 30.3 Å². The number of hydrogen-bond donors (Lipinski definition) is 8. The van der Waals surface area contributed by atoms with Crippen molar-refractivity contribution < 1.29 is 38.7 Å². The number of aliphatic carboxylic acids is 1. The Morgan fingerprint density at radius 2 is 1.29 bits per heavy atom. The van der Waals surface area contributed by atoms with E-state index in [4.69, 9.17) is 17.2 Å². The zero-order valence-electron chi connectivity index (χ0n) is 23.5. The number of rotatable bonds is 19. The summed E-state index contributed by atoms with van der Waals surface area (Å²) >= 11 is 1.40. The van der Waals surface area contributed by atoms with Gasteiger partial charge in [-0.1, -0.05) is 30.3 Å². The van der Waals surface area contributed by atoms with Crippen LogP contribution in [0.5, 0.6) is 0 Å². The van der Waals surface area contributed by atoms with Gasteiger partial charge in [-0.25, -0.2) is 4.79 Å². The van der Waals surface area contributed by atoms with Crippen LogP contribution in [0.3, 0.4) is 0 Å². The molecule has 0 heterocycles. The van der Waals surface area contributed by atoms with E-state index in [1.165, 1.54) is 18.7 Å². The first-order valence-corrected chi connectivity index (χ1v) is 14.4. The van der Waals surface area contributed by atoms with Crippen LogP contribution in [-0.2, 0) is 40.0 Å². The molecule has 1 rings (SSSR count). The highest BCUT2D eigenvalue weighted by molar-refractivity contribution is 7.98. The number of carbonyl (C=O) groups is 7. The summed E-state index contributed by atoms with van der Waals surface area (Å²) in [6.07, 6.45) is 0.660. The maximum atomic E-state index is 13.4. The van der Waals surface area contributed by atoms with E-state index < -0.39 is 78.0 Å². The Kier molecular flexibility index (Phi) is 15.6. The number of nitrogens with one attached hydrogen (secondary N) is 4. The van der Waals surface area contributed by atoms with Crippen LogP contribution in [-0.4, -0.2) is 88.7 Å². The van der Waals surface area contributed by atoms with E-state index in [1.54, 1.807) is 36.6 Å². The van der Waals surface area contributed by atoms with Crippen molar-refractivity contribution in [1.82, 2.24) is 21.3 Å². The van der Waals surface area contributed by atoms with Gasteiger partial charge in [0.25, 0.3) is 0 Å². The third kappa shape index (κ3) is 13.5. The van der Waals surface area contributed by atoms with E-state index >= 15 is 0 Å². The number of carboxylic acids is 1. The number of benzene rings is 1. The van der Waals surface area contributed by atoms with E-state index in [0.717, 1.165) is 0 Å². The standard InChI is InChI=1S/C26H39N7O8S/c1-14(27)22(36)32-19(13-21(29)35)25(39)30-16(8-9-20(28)34)23(37)33-18(12-15-6-4-3-5-7-15)24(38)31-17(26(40)41)10-11-42-2/h3-7,14,16-19H,8-13,27H2,1-2H3,(H2,28,34)(H2,29,35)(H,30,39)(H,31,38)(H,32,36)(H,33,37)(H,40,41)/t14-,16-,17-,18-,19-/m0/s1. The summed E-state index contributed by atoms with van der Waals surface area (Å²) in [6, 6.07) is 2.16. The average molecular weight is 610 g/mol. The Hall–Kier alpha value is -4.18. The van der Waals surface area contributed by atoms with E-state index in [1.807, 2.05) is 0 Å². The highest BCUT2D eigenvalue weighted by atomic mass is 32.2. The van der Waals surface area contributed by atoms with Crippen molar-refractivity contribution in [2.24, 2.45) is 17.2 Å². The molecule has 42 heavy (non-hydrogen) atoms. The summed E-state index contributed by atoms with van der Waals surface area (Å²) in [4.78, 5) is 86.4. The van der Waals surface area contributed by atoms with Crippen molar-refractivity contribution in [3.05, 3.63) is 35.9 Å². The molecule has 1 aromatic rings. The van der Waals surface area contributed by atoms with Gasteiger partial charge in [-0.05, 0) is 37.3 Å². The highest BCUT2D eigenvalue weighted by Crippen LogP contribution is 2.08. The first-order valence-electron chi connectivity index (χ1n) is 13.0. The lowest BCUT2D eigenvalue weighted by molar-refractivity contribution is -0.142. The van der Waals surface area contributed by atoms with Crippen LogP contribution >= 0.6 is 11.8 Å². The molecule has 11 N–H and O–H groups in total. The van der Waals surface area contributed by atoms with Crippen LogP contribution in [0.4, 0.5) is 0 Å². The summed E-state index contributed by atoms with van der Waals surface area (Å²) in [6.45, 7) is 1.35. The third-order valence-corrected chi connectivity index (χ3v) is 6.55. The van der Waals surface area contributed by atoms with Gasteiger partial charge < -0.3 is 43.6 Å². The molecule has 0 aliphatic carbocycles. The summed E-state index contributed by atoms with van der Waals surface area (Å²) in [7, 11) is 0. The average Bonchev–Trinajstić information content (AvgIpc) is 2.92. The Labute approximate surface area is 247 Å². The van der Waals surface area contributed by atoms with Crippen molar-refractivity contribution in [3.63, 3.8) is 0 Å². The van der Waals surface area contributed by atoms with Gasteiger partial charge in [0, 0.05) is 12.8 Å². The van der Waals surface area contributed by atoms with E-state index in [2.05, 4.69) is 21.3 Å². The predicted octanol–water partition coefficient (Wildman–Crippen LogP) is -2.51. The lowest BCUT2D eigenvalue weighted by Gasteiger charge is -2.26. The molecule has 0 saturated heterocycles. The topological polar surface area (TPSA) is 266 Å². The summed E-state index contributed by atoms with van der Waals surface area (Å²) in [5.74, 6) is -5.90. The molecule has 1 aromatic carbocycles. The Balaban J connectivity index is 3.25. The number of carboxylic acid groups (broad SMARTS) is 1. The second kappa shape index (κ2) is 18.3. The lowest BCUT2D eigenvalue weighted by atomic mass is 10.0. The van der Waals surface area contributed by atoms with Crippen LogP contribution in [0.1, 0.15) is 38.2 Å². The fourth-order valence-electron chi connectivity index (χ4n) is 3.64. The second-order valence-electron chi connectivity index (χ2n) is 9.52. The SMILES string of the molecule is CSCC[C@H](NC(=O)[C@H](Cc1ccccc1)NC(=O)[C@H](CCC(N)=O)NC(=O)[C@H](CC(N)=O)NC(=O)[C@H](C)N)C(=O)O. The Morgan fingerprint density at radius 3 is 1.81 bits per heavy atom. The fraction of sp³-hybridized carbons (Fsp3) is 0.500. The summed E-state index contributed by atoms with van der Waals surface area (Å²) < 4.78 is 0. The molecule has 0 saturated carbocycles. The van der Waals surface area contributed by atoms with Crippen LogP contribution in [0.2, 0.25) is 0 Å². The Bertz CT molecular complexity index is 1120. The molecule has 0 aliphatic rings. The molecule has 232 valence electrons. The minimum Gasteiger partial charge on any atom is -0.480 e. The molecule has 0 aromatic heterocycles. The molecule has 0 fully saturated rings. The summed E-state index contributed by atoms with van der Waals surface area (Å²) in [5.41, 5.74) is 16.6. The summed E-state index contributed by atoms with van der Waals surface area (Å²) in [5, 5.41) is 19.2. The van der Waals surface area contributed by atoms with Crippen LogP contribution in [0.25, 0.3) is 0 Å². The fourth-order valence-corrected chi connectivity index (χ4v) is 4.11. The maximum Gasteiger partial charge on any atom is 0.326 e. The Morgan fingerprint density at radius 1 is 0.762 bits per heavy atom. The van der Waals surface area contributed by atoms with Crippen LogP contribution < -0.4 is 38.5 Å². The molecule has 0 radical (unpaired) electrons. The monoisotopic (exact) mass is 609 g/mol. The number of primary amides is 2. The quantitative estimate of drug-likeness (QED) is 0.0816. The van der Waals surface area contributed by atoms with Crippen LogP contribution in [0, 0.1) is 0 Å². The first-order chi connectivity index (χ1) is 19.7. The number of amides is 6. The molecule has 6 amide bonds. The highest BCUT2D eigenvalue weighted by Gasteiger charge is 2.32. The molecule has 15 nitrogen and oxygen atoms in total. The number of nitrogens with two attached hydrogens (primary N) is 3. The molecule has 0 spiro atoms. The lowest BCUT2D eigenvalue weighted by Crippen LogP contribution is -2.59. The maximum absolute atomic E-state index is 13.4. The normalized spacial score (nSPS) is 14.3. The number of carbonyl (C=O) groups excluding carboxylic acids is 6. The van der Waals surface area contributed by atoms with Crippen molar-refractivity contribution in [2.75, 3.05) is 12.0 Å². The van der Waals surface area contributed by atoms with Gasteiger partial charge in [0.05, 0.1) is 12.5 Å². The van der Waals surface area contributed by atoms with Gasteiger partial charge in [-0.3, -0.25) is 28.8 Å². The number of thioether (sulfide) groups is 1. The van der Waals surface area contributed by atoms with Crippen molar-refractivity contribution >= 4 is 53.2 Å². The van der Waals surface area contributed by atoms with Crippen molar-refractivity contribution in [3.8, 4) is 0 Å². The minimum atomic E-state index is -1.49. The van der Waals surface area contributed by atoms with E-state index in [0.29, 0.717) is 11.3 Å². The van der Waals surface area contributed by atoms with Gasteiger partial charge >= 0.3 is 5.97 Å². The minimum absolute atomic E-state index is 0.0293. The molecule has 16 heteroatoms. The van der Waals surface area contributed by atoms with Gasteiger partial charge in [0.2, 0.25) is 35.4 Å². The first kappa shape index (κ1) is 35.8. The zero-order chi connectivity index (χ0) is 31.8. The molecule has 0 bridgehead atoms. The zero-order valence-corrected chi connectivity index (χ0v) is 24.3. The van der Waals surface area contributed by atoms with E-state index in [9.17, 15) is 38.7 Å². The largest absolute Gasteiger partial charge is 0.480 e. The van der Waals surface area contributed by atoms with E-state index in [-0.39, 0.29) is 25.7 Å². The second-order valence-corrected chi connectivity index (χ2v) is 10.5. The molecule has 5 atom stereocenters. The van der Waals surface area contributed by atoms with Crippen molar-refractivity contribution in [2.45, 2.75) is 69.2 Å². The number of hydrogen-bond acceptors (Lipinski definition) is 9. The molecule has 0 unspecified atom stereocenters. The smallest absolute Gasteiger partial charge is 0.326 e. The van der Waals surface area contributed by atoms with Crippen molar-refractivity contribution in [1.29, 1.82) is 0 Å². The predicted molar refractivity (Wildman–Crippen MR) is 154 cm³/mol. The molecular weight excluding hydrogens is 570 g/mol. The van der Waals surface area contributed by atoms with Gasteiger partial charge in [0.15, 0.2) is 0 Å².